The lowest BCUT2D eigenvalue weighted by molar-refractivity contribution is 0.159. The van der Waals surface area contributed by atoms with Crippen LogP contribution in [0, 0.1) is 5.92 Å². The topological polar surface area (TPSA) is 70.5 Å². The summed E-state index contributed by atoms with van der Waals surface area (Å²) < 4.78 is 26.4. The molecule has 1 heterocycles. The first kappa shape index (κ1) is 16.7. The van der Waals surface area contributed by atoms with Crippen molar-refractivity contribution in [3.05, 3.63) is 29.0 Å². The van der Waals surface area contributed by atoms with Crippen LogP contribution in [0.25, 0.3) is 0 Å². The van der Waals surface area contributed by atoms with E-state index in [4.69, 9.17) is 16.7 Å². The van der Waals surface area contributed by atoms with Gasteiger partial charge in [-0.15, -0.1) is 0 Å². The Kier molecular flexibility index (Phi) is 5.60. The van der Waals surface area contributed by atoms with Crippen molar-refractivity contribution < 1.29 is 13.5 Å². The predicted molar refractivity (Wildman–Crippen MR) is 82.5 cm³/mol. The Labute approximate surface area is 131 Å². The Bertz CT molecular complexity index is 554. The molecule has 0 unspecified atom stereocenters. The molecule has 1 aromatic heterocycles. The van der Waals surface area contributed by atoms with Gasteiger partial charge in [0.05, 0.1) is 5.75 Å². The van der Waals surface area contributed by atoms with Gasteiger partial charge in [-0.3, -0.25) is 0 Å². The van der Waals surface area contributed by atoms with Gasteiger partial charge in [0.15, 0.2) is 0 Å². The molecule has 21 heavy (non-hydrogen) atoms. The number of aromatic nitrogens is 1. The minimum Gasteiger partial charge on any atom is -0.396 e. The smallest absolute Gasteiger partial charge is 0.218 e. The fourth-order valence-corrected chi connectivity index (χ4v) is 4.29. The molecule has 0 radical (unpaired) electrons. The molecule has 0 saturated heterocycles. The summed E-state index contributed by atoms with van der Waals surface area (Å²) in [6.07, 6.45) is 4.86. The van der Waals surface area contributed by atoms with Gasteiger partial charge >= 0.3 is 0 Å². The molecule has 0 amide bonds. The number of hydrogen-bond acceptors (Lipinski definition) is 4. The molecule has 0 bridgehead atoms. The SMILES string of the molecule is CN(C1CCC(CO)CC1)S(=O)(=O)Cc1ccc(Cl)nc1. The second-order valence-electron chi connectivity index (χ2n) is 5.62. The van der Waals surface area contributed by atoms with Crippen LogP contribution in [-0.2, 0) is 15.8 Å². The zero-order valence-electron chi connectivity index (χ0n) is 12.1. The van der Waals surface area contributed by atoms with Crippen LogP contribution in [0.5, 0.6) is 0 Å². The molecule has 0 spiro atoms. The minimum absolute atomic E-state index is 0.0260. The monoisotopic (exact) mass is 332 g/mol. The van der Waals surface area contributed by atoms with Crippen LogP contribution in [0.15, 0.2) is 18.3 Å². The van der Waals surface area contributed by atoms with Crippen LogP contribution in [-0.4, -0.2) is 42.5 Å². The number of rotatable bonds is 5. The van der Waals surface area contributed by atoms with Crippen LogP contribution < -0.4 is 0 Å². The number of aliphatic hydroxyl groups excluding tert-OH is 1. The molecule has 1 aliphatic rings. The van der Waals surface area contributed by atoms with E-state index in [-0.39, 0.29) is 18.4 Å². The number of halogens is 1. The fourth-order valence-electron chi connectivity index (χ4n) is 2.72. The van der Waals surface area contributed by atoms with Gasteiger partial charge in [-0.1, -0.05) is 17.7 Å². The second-order valence-corrected chi connectivity index (χ2v) is 8.03. The van der Waals surface area contributed by atoms with Gasteiger partial charge in [0.2, 0.25) is 10.0 Å². The number of nitrogens with zero attached hydrogens (tertiary/aromatic N) is 2. The molecule has 118 valence electrons. The lowest BCUT2D eigenvalue weighted by atomic mass is 9.87. The summed E-state index contributed by atoms with van der Waals surface area (Å²) in [4.78, 5) is 3.91. The highest BCUT2D eigenvalue weighted by atomic mass is 35.5. The van der Waals surface area contributed by atoms with Crippen molar-refractivity contribution in [2.75, 3.05) is 13.7 Å². The quantitative estimate of drug-likeness (QED) is 0.838. The van der Waals surface area contributed by atoms with E-state index in [0.29, 0.717) is 16.6 Å². The number of pyridine rings is 1. The third-order valence-electron chi connectivity index (χ3n) is 4.17. The van der Waals surface area contributed by atoms with Crippen molar-refractivity contribution in [3.63, 3.8) is 0 Å². The molecule has 0 atom stereocenters. The van der Waals surface area contributed by atoms with E-state index < -0.39 is 10.0 Å². The van der Waals surface area contributed by atoms with Crippen LogP contribution in [0.4, 0.5) is 0 Å². The standard InChI is InChI=1S/C14H21ClN2O3S/c1-17(13-5-2-11(9-18)3-6-13)21(19,20)10-12-4-7-14(15)16-8-12/h4,7-8,11,13,18H,2-3,5-6,9-10H2,1H3. The number of hydrogen-bond donors (Lipinski definition) is 1. The van der Waals surface area contributed by atoms with Crippen LogP contribution in [0.3, 0.4) is 0 Å². The summed E-state index contributed by atoms with van der Waals surface area (Å²) >= 11 is 5.70. The van der Waals surface area contributed by atoms with Crippen molar-refractivity contribution >= 4 is 21.6 Å². The Morgan fingerprint density at radius 1 is 1.33 bits per heavy atom. The Hall–Kier alpha value is -0.690. The normalized spacial score (nSPS) is 23.4. The Morgan fingerprint density at radius 3 is 2.52 bits per heavy atom. The van der Waals surface area contributed by atoms with E-state index in [2.05, 4.69) is 4.98 Å². The van der Waals surface area contributed by atoms with Crippen LogP contribution in [0.1, 0.15) is 31.2 Å². The van der Waals surface area contributed by atoms with Gasteiger partial charge in [0.1, 0.15) is 5.15 Å². The van der Waals surface area contributed by atoms with Crippen molar-refractivity contribution in [3.8, 4) is 0 Å². The highest BCUT2D eigenvalue weighted by Crippen LogP contribution is 2.28. The van der Waals surface area contributed by atoms with Gasteiger partial charge < -0.3 is 5.11 Å². The van der Waals surface area contributed by atoms with Gasteiger partial charge in [0.25, 0.3) is 0 Å². The van der Waals surface area contributed by atoms with Crippen molar-refractivity contribution in [1.82, 2.24) is 9.29 Å². The second kappa shape index (κ2) is 7.05. The third kappa shape index (κ3) is 4.39. The third-order valence-corrected chi connectivity index (χ3v) is 6.26. The summed E-state index contributed by atoms with van der Waals surface area (Å²) in [5.41, 5.74) is 0.635. The molecule has 0 aromatic carbocycles. The summed E-state index contributed by atoms with van der Waals surface area (Å²) in [6, 6.07) is 3.31. The first-order valence-electron chi connectivity index (χ1n) is 7.09. The molecule has 7 heteroatoms. The zero-order valence-corrected chi connectivity index (χ0v) is 13.6. The van der Waals surface area contributed by atoms with Crippen molar-refractivity contribution in [1.29, 1.82) is 0 Å². The maximum atomic E-state index is 12.5. The summed E-state index contributed by atoms with van der Waals surface area (Å²) in [5.74, 6) is 0.256. The molecule has 0 aliphatic heterocycles. The lowest BCUT2D eigenvalue weighted by Crippen LogP contribution is -2.40. The van der Waals surface area contributed by atoms with Gasteiger partial charge in [-0.05, 0) is 43.2 Å². The molecule has 1 aromatic rings. The van der Waals surface area contributed by atoms with Gasteiger partial charge in [0, 0.05) is 25.9 Å². The summed E-state index contributed by atoms with van der Waals surface area (Å²) in [6.45, 7) is 0.194. The minimum atomic E-state index is -3.36. The van der Waals surface area contributed by atoms with E-state index >= 15 is 0 Å². The first-order valence-corrected chi connectivity index (χ1v) is 9.08. The van der Waals surface area contributed by atoms with Gasteiger partial charge in [-0.25, -0.2) is 17.7 Å². The number of sulfonamides is 1. The molecule has 1 saturated carbocycles. The van der Waals surface area contributed by atoms with Crippen LogP contribution in [0.2, 0.25) is 5.15 Å². The van der Waals surface area contributed by atoms with E-state index in [9.17, 15) is 8.42 Å². The Balaban J connectivity index is 2.00. The summed E-state index contributed by atoms with van der Waals surface area (Å²) in [5, 5.41) is 9.50. The van der Waals surface area contributed by atoms with E-state index in [1.165, 1.54) is 10.5 Å². The highest BCUT2D eigenvalue weighted by Gasteiger charge is 2.30. The van der Waals surface area contributed by atoms with Crippen molar-refractivity contribution in [2.24, 2.45) is 5.92 Å². The molecule has 2 rings (SSSR count). The average Bonchev–Trinajstić information content (AvgIpc) is 2.49. The largest absolute Gasteiger partial charge is 0.396 e. The van der Waals surface area contributed by atoms with Gasteiger partial charge in [-0.2, -0.15) is 0 Å². The average molecular weight is 333 g/mol. The first-order chi connectivity index (χ1) is 9.92. The van der Waals surface area contributed by atoms with E-state index in [1.807, 2.05) is 0 Å². The molecular formula is C14H21ClN2O3S. The Morgan fingerprint density at radius 2 is 2.00 bits per heavy atom. The highest BCUT2D eigenvalue weighted by molar-refractivity contribution is 7.88. The maximum absolute atomic E-state index is 12.5. The predicted octanol–water partition coefficient (Wildman–Crippen LogP) is 2.05. The van der Waals surface area contributed by atoms with Crippen molar-refractivity contribution in [2.45, 2.75) is 37.5 Å². The molecular weight excluding hydrogens is 312 g/mol. The fraction of sp³-hybridized carbons (Fsp3) is 0.643. The summed E-state index contributed by atoms with van der Waals surface area (Å²) in [7, 11) is -1.72. The number of aliphatic hydroxyl groups is 1. The van der Waals surface area contributed by atoms with E-state index in [1.54, 1.807) is 19.2 Å². The molecule has 1 N–H and O–H groups in total. The molecule has 1 aliphatic carbocycles. The maximum Gasteiger partial charge on any atom is 0.218 e. The molecule has 5 nitrogen and oxygen atoms in total. The van der Waals surface area contributed by atoms with Crippen LogP contribution >= 0.6 is 11.6 Å². The lowest BCUT2D eigenvalue weighted by Gasteiger charge is -2.33. The zero-order chi connectivity index (χ0) is 15.5. The molecule has 1 fully saturated rings. The van der Waals surface area contributed by atoms with E-state index in [0.717, 1.165) is 25.7 Å².